The van der Waals surface area contributed by atoms with Gasteiger partial charge in [-0.25, -0.2) is 18.2 Å². The first-order valence-corrected chi connectivity index (χ1v) is 9.41. The molecule has 0 spiro atoms. The Morgan fingerprint density at radius 1 is 1.19 bits per heavy atom. The minimum absolute atomic E-state index is 0.135. The lowest BCUT2D eigenvalue weighted by Crippen LogP contribution is -2.43. The van der Waals surface area contributed by atoms with Gasteiger partial charge in [-0.3, -0.25) is 9.63 Å². The van der Waals surface area contributed by atoms with Crippen molar-refractivity contribution in [3.05, 3.63) is 0 Å². The van der Waals surface area contributed by atoms with Crippen molar-refractivity contribution in [3.63, 3.8) is 0 Å². The van der Waals surface area contributed by atoms with Crippen molar-refractivity contribution in [2.24, 2.45) is 5.92 Å². The van der Waals surface area contributed by atoms with E-state index in [1.54, 1.807) is 0 Å². The molecule has 0 saturated carbocycles. The molecular weight excluding hydrogens is 294 g/mol. The van der Waals surface area contributed by atoms with Crippen molar-refractivity contribution in [2.45, 2.75) is 25.7 Å². The third-order valence-electron chi connectivity index (χ3n) is 4.17. The van der Waals surface area contributed by atoms with Crippen LogP contribution in [0.1, 0.15) is 25.7 Å². The Labute approximate surface area is 126 Å². The number of nitrogens with zero attached hydrogens (tertiary/aromatic N) is 2. The van der Waals surface area contributed by atoms with Gasteiger partial charge >= 0.3 is 0 Å². The highest BCUT2D eigenvalue weighted by atomic mass is 32.2. The number of piperidine rings is 1. The summed E-state index contributed by atoms with van der Waals surface area (Å²) in [5.74, 6) is -0.292. The summed E-state index contributed by atoms with van der Waals surface area (Å²) >= 11 is 0. The predicted molar refractivity (Wildman–Crippen MR) is 78.9 cm³/mol. The molecule has 0 bridgehead atoms. The zero-order chi connectivity index (χ0) is 15.3. The Kier molecular flexibility index (Phi) is 5.98. The minimum atomic E-state index is -3.14. The number of carbonyl (C=O) groups is 1. The highest BCUT2D eigenvalue weighted by molar-refractivity contribution is 7.88. The van der Waals surface area contributed by atoms with Crippen molar-refractivity contribution < 1.29 is 18.0 Å². The topological polar surface area (TPSA) is 79.0 Å². The molecule has 2 rings (SSSR count). The van der Waals surface area contributed by atoms with Crippen LogP contribution in [0.25, 0.3) is 0 Å². The monoisotopic (exact) mass is 319 g/mol. The van der Waals surface area contributed by atoms with Crippen molar-refractivity contribution >= 4 is 15.9 Å². The maximum absolute atomic E-state index is 11.9. The summed E-state index contributed by atoms with van der Waals surface area (Å²) in [4.78, 5) is 19.5. The molecule has 0 atom stereocenters. The van der Waals surface area contributed by atoms with E-state index in [2.05, 4.69) is 10.4 Å². The van der Waals surface area contributed by atoms with Gasteiger partial charge < -0.3 is 4.90 Å². The standard InChI is InChI=1S/C13H25N3O4S/c1-21(18,19)16-8-4-12(5-9-16)13(17)14-20-11-10-15-6-2-3-7-15/h12H,2-11H2,1H3,(H,14,17). The van der Waals surface area contributed by atoms with E-state index < -0.39 is 10.0 Å². The van der Waals surface area contributed by atoms with Crippen LogP contribution < -0.4 is 5.48 Å². The Hall–Kier alpha value is -0.700. The van der Waals surface area contributed by atoms with Gasteiger partial charge in [0.15, 0.2) is 0 Å². The first-order chi connectivity index (χ1) is 9.97. The molecule has 2 heterocycles. The van der Waals surface area contributed by atoms with Gasteiger partial charge in [-0.05, 0) is 38.8 Å². The molecule has 0 aromatic heterocycles. The lowest BCUT2D eigenvalue weighted by Gasteiger charge is -2.29. The summed E-state index contributed by atoms with van der Waals surface area (Å²) in [5.41, 5.74) is 2.50. The van der Waals surface area contributed by atoms with Crippen molar-refractivity contribution in [1.82, 2.24) is 14.7 Å². The van der Waals surface area contributed by atoms with Crippen molar-refractivity contribution in [2.75, 3.05) is 45.6 Å². The molecule has 0 aromatic carbocycles. The third kappa shape index (κ3) is 5.21. The number of sulfonamides is 1. The van der Waals surface area contributed by atoms with Gasteiger partial charge in [0, 0.05) is 25.6 Å². The highest BCUT2D eigenvalue weighted by Crippen LogP contribution is 2.19. The number of hydroxylamine groups is 1. The molecule has 2 aliphatic heterocycles. The van der Waals surface area contributed by atoms with Crippen LogP contribution in [0.2, 0.25) is 0 Å². The molecule has 2 aliphatic rings. The normalized spacial score (nSPS) is 22.5. The molecule has 2 saturated heterocycles. The van der Waals surface area contributed by atoms with Crippen molar-refractivity contribution in [3.8, 4) is 0 Å². The molecule has 21 heavy (non-hydrogen) atoms. The second kappa shape index (κ2) is 7.53. The van der Waals surface area contributed by atoms with Crippen LogP contribution in [0.4, 0.5) is 0 Å². The fourth-order valence-electron chi connectivity index (χ4n) is 2.84. The summed E-state index contributed by atoms with van der Waals surface area (Å²) in [7, 11) is -3.14. The molecule has 0 unspecified atom stereocenters. The number of rotatable bonds is 6. The van der Waals surface area contributed by atoms with Crippen LogP contribution in [-0.2, 0) is 19.7 Å². The van der Waals surface area contributed by atoms with Crippen LogP contribution in [-0.4, -0.2) is 69.1 Å². The largest absolute Gasteiger partial charge is 0.301 e. The van der Waals surface area contributed by atoms with E-state index in [9.17, 15) is 13.2 Å². The first kappa shape index (κ1) is 16.7. The molecule has 122 valence electrons. The number of nitrogens with one attached hydrogen (secondary N) is 1. The van der Waals surface area contributed by atoms with E-state index in [0.29, 0.717) is 32.5 Å². The van der Waals surface area contributed by atoms with Crippen LogP contribution in [0.5, 0.6) is 0 Å². The molecular formula is C13H25N3O4S. The van der Waals surface area contributed by atoms with E-state index in [-0.39, 0.29) is 11.8 Å². The van der Waals surface area contributed by atoms with Gasteiger partial charge in [0.25, 0.3) is 0 Å². The first-order valence-electron chi connectivity index (χ1n) is 7.56. The maximum Gasteiger partial charge on any atom is 0.246 e. The summed E-state index contributed by atoms with van der Waals surface area (Å²) in [6, 6.07) is 0. The van der Waals surface area contributed by atoms with Crippen molar-refractivity contribution in [1.29, 1.82) is 0 Å². The Balaban J connectivity index is 1.61. The number of carbonyl (C=O) groups excluding carboxylic acids is 1. The quantitative estimate of drug-likeness (QED) is 0.542. The molecule has 0 aliphatic carbocycles. The van der Waals surface area contributed by atoms with Gasteiger partial charge in [-0.2, -0.15) is 0 Å². The lowest BCUT2D eigenvalue weighted by atomic mass is 9.98. The van der Waals surface area contributed by atoms with Crippen LogP contribution in [0.3, 0.4) is 0 Å². The number of hydrogen-bond donors (Lipinski definition) is 1. The Bertz CT molecular complexity index is 440. The van der Waals surface area contributed by atoms with E-state index in [1.165, 1.54) is 23.4 Å². The maximum atomic E-state index is 11.9. The van der Waals surface area contributed by atoms with E-state index >= 15 is 0 Å². The average molecular weight is 319 g/mol. The smallest absolute Gasteiger partial charge is 0.246 e. The SMILES string of the molecule is CS(=O)(=O)N1CCC(C(=O)NOCCN2CCCC2)CC1. The zero-order valence-electron chi connectivity index (χ0n) is 12.6. The van der Waals surface area contributed by atoms with Gasteiger partial charge in [0.1, 0.15) is 0 Å². The van der Waals surface area contributed by atoms with E-state index in [1.807, 2.05) is 0 Å². The highest BCUT2D eigenvalue weighted by Gasteiger charge is 2.29. The third-order valence-corrected chi connectivity index (χ3v) is 5.48. The number of likely N-dealkylation sites (tertiary alicyclic amines) is 1. The molecule has 1 N–H and O–H groups in total. The Morgan fingerprint density at radius 3 is 2.38 bits per heavy atom. The molecule has 0 aromatic rings. The summed E-state index contributed by atoms with van der Waals surface area (Å²) < 4.78 is 24.2. The molecule has 0 radical (unpaired) electrons. The molecule has 8 heteroatoms. The fourth-order valence-corrected chi connectivity index (χ4v) is 3.71. The summed E-state index contributed by atoms with van der Waals surface area (Å²) in [6.45, 7) is 4.37. The van der Waals surface area contributed by atoms with Crippen LogP contribution >= 0.6 is 0 Å². The minimum Gasteiger partial charge on any atom is -0.301 e. The van der Waals surface area contributed by atoms with Gasteiger partial charge in [-0.1, -0.05) is 0 Å². The summed E-state index contributed by atoms with van der Waals surface area (Å²) in [6.07, 6.45) is 4.79. The number of amides is 1. The predicted octanol–water partition coefficient (Wildman–Crippen LogP) is -0.198. The van der Waals surface area contributed by atoms with Crippen LogP contribution in [0.15, 0.2) is 0 Å². The van der Waals surface area contributed by atoms with Gasteiger partial charge in [-0.15, -0.1) is 0 Å². The average Bonchev–Trinajstić information content (AvgIpc) is 2.96. The molecule has 7 nitrogen and oxygen atoms in total. The van der Waals surface area contributed by atoms with E-state index in [0.717, 1.165) is 19.6 Å². The molecule has 2 fully saturated rings. The second-order valence-electron chi connectivity index (χ2n) is 5.80. The fraction of sp³-hybridized carbons (Fsp3) is 0.923. The van der Waals surface area contributed by atoms with E-state index in [4.69, 9.17) is 4.84 Å². The molecule has 1 amide bonds. The van der Waals surface area contributed by atoms with Gasteiger partial charge in [0.05, 0.1) is 12.9 Å². The van der Waals surface area contributed by atoms with Crippen LogP contribution in [0, 0.1) is 5.92 Å². The number of hydrogen-bond acceptors (Lipinski definition) is 5. The lowest BCUT2D eigenvalue weighted by molar-refractivity contribution is -0.139. The second-order valence-corrected chi connectivity index (χ2v) is 7.78. The Morgan fingerprint density at radius 2 is 1.81 bits per heavy atom. The van der Waals surface area contributed by atoms with Gasteiger partial charge in [0.2, 0.25) is 15.9 Å². The summed E-state index contributed by atoms with van der Waals surface area (Å²) in [5, 5.41) is 0. The zero-order valence-corrected chi connectivity index (χ0v) is 13.4.